The molecule has 1 aromatic rings. The first-order chi connectivity index (χ1) is 8.54. The zero-order valence-corrected chi connectivity index (χ0v) is 10.6. The van der Waals surface area contributed by atoms with E-state index >= 15 is 0 Å². The van der Waals surface area contributed by atoms with E-state index in [0.29, 0.717) is 6.42 Å². The molecule has 1 aromatic carbocycles. The number of nitrogens with two attached hydrogens (primary N) is 1. The van der Waals surface area contributed by atoms with E-state index in [1.807, 2.05) is 30.3 Å². The molecular formula is C13H19N3O2. The van der Waals surface area contributed by atoms with Gasteiger partial charge in [-0.25, -0.2) is 0 Å². The van der Waals surface area contributed by atoms with Crippen molar-refractivity contribution in [3.8, 4) is 0 Å². The molecule has 0 saturated carbocycles. The van der Waals surface area contributed by atoms with Gasteiger partial charge < -0.3 is 16.4 Å². The molecule has 5 nitrogen and oxygen atoms in total. The van der Waals surface area contributed by atoms with E-state index in [1.165, 1.54) is 7.05 Å². The van der Waals surface area contributed by atoms with Gasteiger partial charge in [-0.15, -0.1) is 0 Å². The molecule has 0 spiro atoms. The van der Waals surface area contributed by atoms with Gasteiger partial charge >= 0.3 is 0 Å². The van der Waals surface area contributed by atoms with Crippen LogP contribution >= 0.6 is 0 Å². The lowest BCUT2D eigenvalue weighted by Gasteiger charge is -2.16. The molecule has 0 fully saturated rings. The molecule has 2 unspecified atom stereocenters. The fourth-order valence-corrected chi connectivity index (χ4v) is 1.56. The molecule has 1 rings (SSSR count). The lowest BCUT2D eigenvalue weighted by molar-refractivity contribution is -0.128. The Labute approximate surface area is 107 Å². The highest BCUT2D eigenvalue weighted by atomic mass is 16.2. The third kappa shape index (κ3) is 4.18. The molecule has 18 heavy (non-hydrogen) atoms. The molecule has 2 amide bonds. The van der Waals surface area contributed by atoms with E-state index in [4.69, 9.17) is 5.73 Å². The monoisotopic (exact) mass is 249 g/mol. The summed E-state index contributed by atoms with van der Waals surface area (Å²) in [6, 6.07) is 8.29. The summed E-state index contributed by atoms with van der Waals surface area (Å²) in [5.41, 5.74) is 6.79. The summed E-state index contributed by atoms with van der Waals surface area (Å²) in [5, 5.41) is 5.04. The summed E-state index contributed by atoms with van der Waals surface area (Å²) in [6.07, 6.45) is 0.452. The summed E-state index contributed by atoms with van der Waals surface area (Å²) in [4.78, 5) is 23.0. The molecule has 0 radical (unpaired) electrons. The highest BCUT2D eigenvalue weighted by Crippen LogP contribution is 2.02. The number of benzene rings is 1. The van der Waals surface area contributed by atoms with Crippen LogP contribution < -0.4 is 16.4 Å². The summed E-state index contributed by atoms with van der Waals surface area (Å²) in [5.74, 6) is -0.565. The lowest BCUT2D eigenvalue weighted by atomic mass is 10.1. The summed E-state index contributed by atoms with van der Waals surface area (Å²) in [7, 11) is 1.52. The number of likely N-dealkylation sites (N-methyl/N-ethyl adjacent to an activating group) is 1. The molecular weight excluding hydrogens is 230 g/mol. The van der Waals surface area contributed by atoms with Gasteiger partial charge in [0.25, 0.3) is 0 Å². The summed E-state index contributed by atoms with van der Waals surface area (Å²) in [6.45, 7) is 1.62. The van der Waals surface area contributed by atoms with Gasteiger partial charge in [0.05, 0.1) is 6.04 Å². The average molecular weight is 249 g/mol. The Morgan fingerprint density at radius 3 is 2.39 bits per heavy atom. The van der Waals surface area contributed by atoms with Gasteiger partial charge in [-0.1, -0.05) is 30.3 Å². The van der Waals surface area contributed by atoms with E-state index in [9.17, 15) is 9.59 Å². The van der Waals surface area contributed by atoms with Crippen LogP contribution in [0.4, 0.5) is 0 Å². The van der Waals surface area contributed by atoms with Crippen molar-refractivity contribution in [1.29, 1.82) is 0 Å². The van der Waals surface area contributed by atoms with E-state index < -0.39 is 12.1 Å². The molecule has 4 N–H and O–H groups in total. The molecule has 0 aromatic heterocycles. The molecule has 0 heterocycles. The van der Waals surface area contributed by atoms with Crippen LogP contribution in [0.3, 0.4) is 0 Å². The predicted molar refractivity (Wildman–Crippen MR) is 69.8 cm³/mol. The third-order valence-electron chi connectivity index (χ3n) is 2.63. The van der Waals surface area contributed by atoms with Crippen LogP contribution in [-0.4, -0.2) is 30.9 Å². The zero-order chi connectivity index (χ0) is 13.5. The smallest absolute Gasteiger partial charge is 0.242 e. The van der Waals surface area contributed by atoms with E-state index in [0.717, 1.165) is 5.56 Å². The highest BCUT2D eigenvalue weighted by molar-refractivity contribution is 5.89. The predicted octanol–water partition coefficient (Wildman–Crippen LogP) is -0.193. The SMILES string of the molecule is CNC(=O)C(C)NC(=O)C(N)Cc1ccccc1. The van der Waals surface area contributed by atoms with Crippen molar-refractivity contribution < 1.29 is 9.59 Å². The number of amides is 2. The van der Waals surface area contributed by atoms with Crippen LogP contribution in [0.25, 0.3) is 0 Å². The summed E-state index contributed by atoms with van der Waals surface area (Å²) < 4.78 is 0. The number of carbonyl (C=O) groups excluding carboxylic acids is 2. The van der Waals surface area contributed by atoms with Gasteiger partial charge in [0.15, 0.2) is 0 Å². The first-order valence-electron chi connectivity index (χ1n) is 5.86. The van der Waals surface area contributed by atoms with E-state index in [2.05, 4.69) is 10.6 Å². The summed E-state index contributed by atoms with van der Waals surface area (Å²) >= 11 is 0. The van der Waals surface area contributed by atoms with Crippen LogP contribution in [-0.2, 0) is 16.0 Å². The molecule has 0 bridgehead atoms. The molecule has 0 aliphatic heterocycles. The maximum atomic E-state index is 11.8. The van der Waals surface area contributed by atoms with Crippen molar-refractivity contribution in [2.45, 2.75) is 25.4 Å². The second-order valence-corrected chi connectivity index (χ2v) is 4.14. The second kappa shape index (κ2) is 6.76. The van der Waals surface area contributed by atoms with Crippen molar-refractivity contribution in [3.05, 3.63) is 35.9 Å². The molecule has 2 atom stereocenters. The number of rotatable bonds is 5. The van der Waals surface area contributed by atoms with Crippen molar-refractivity contribution >= 4 is 11.8 Å². The van der Waals surface area contributed by atoms with Crippen LogP contribution in [0, 0.1) is 0 Å². The second-order valence-electron chi connectivity index (χ2n) is 4.14. The van der Waals surface area contributed by atoms with Crippen molar-refractivity contribution in [1.82, 2.24) is 10.6 Å². The van der Waals surface area contributed by atoms with E-state index in [1.54, 1.807) is 6.92 Å². The maximum absolute atomic E-state index is 11.8. The minimum Gasteiger partial charge on any atom is -0.357 e. The number of hydrogen-bond donors (Lipinski definition) is 3. The number of carbonyl (C=O) groups is 2. The average Bonchev–Trinajstić information content (AvgIpc) is 2.38. The lowest BCUT2D eigenvalue weighted by Crippen LogP contribution is -2.50. The Hall–Kier alpha value is -1.88. The van der Waals surface area contributed by atoms with Crippen molar-refractivity contribution in [2.75, 3.05) is 7.05 Å². The molecule has 0 aliphatic rings. The van der Waals surface area contributed by atoms with Gasteiger partial charge in [-0.2, -0.15) is 0 Å². The van der Waals surface area contributed by atoms with Crippen LogP contribution in [0.5, 0.6) is 0 Å². The standard InChI is InChI=1S/C13H19N3O2/c1-9(12(17)15-2)16-13(18)11(14)8-10-6-4-3-5-7-10/h3-7,9,11H,8,14H2,1-2H3,(H,15,17)(H,16,18). The molecule has 5 heteroatoms. The Bertz CT molecular complexity index is 406. The Balaban J connectivity index is 2.49. The van der Waals surface area contributed by atoms with Gasteiger partial charge in [0.2, 0.25) is 11.8 Å². The minimum atomic E-state index is -0.653. The van der Waals surface area contributed by atoms with Gasteiger partial charge in [0, 0.05) is 7.05 Å². The minimum absolute atomic E-state index is 0.240. The maximum Gasteiger partial charge on any atom is 0.242 e. The first-order valence-corrected chi connectivity index (χ1v) is 5.86. The molecule has 0 aliphatic carbocycles. The Morgan fingerprint density at radius 1 is 1.22 bits per heavy atom. The van der Waals surface area contributed by atoms with Gasteiger partial charge in [-0.3, -0.25) is 9.59 Å². The van der Waals surface area contributed by atoms with Gasteiger partial charge in [-0.05, 0) is 18.9 Å². The number of hydrogen-bond acceptors (Lipinski definition) is 3. The molecule has 98 valence electrons. The Morgan fingerprint density at radius 2 is 1.83 bits per heavy atom. The topological polar surface area (TPSA) is 84.2 Å². The van der Waals surface area contributed by atoms with Crippen LogP contribution in [0.2, 0.25) is 0 Å². The fraction of sp³-hybridized carbons (Fsp3) is 0.385. The van der Waals surface area contributed by atoms with E-state index in [-0.39, 0.29) is 11.8 Å². The third-order valence-corrected chi connectivity index (χ3v) is 2.63. The van der Waals surface area contributed by atoms with Crippen molar-refractivity contribution in [3.63, 3.8) is 0 Å². The van der Waals surface area contributed by atoms with Crippen LogP contribution in [0.15, 0.2) is 30.3 Å². The van der Waals surface area contributed by atoms with Crippen LogP contribution in [0.1, 0.15) is 12.5 Å². The fourth-order valence-electron chi connectivity index (χ4n) is 1.56. The van der Waals surface area contributed by atoms with Crippen molar-refractivity contribution in [2.24, 2.45) is 5.73 Å². The largest absolute Gasteiger partial charge is 0.357 e. The first kappa shape index (κ1) is 14.2. The van der Waals surface area contributed by atoms with Gasteiger partial charge in [0.1, 0.15) is 6.04 Å². The Kier molecular flexibility index (Phi) is 5.32. The molecule has 0 saturated heterocycles. The zero-order valence-electron chi connectivity index (χ0n) is 10.6. The highest BCUT2D eigenvalue weighted by Gasteiger charge is 2.19. The normalized spacial score (nSPS) is 13.5. The number of nitrogens with one attached hydrogen (secondary N) is 2. The quantitative estimate of drug-likeness (QED) is 0.676.